The Morgan fingerprint density at radius 2 is 1.92 bits per heavy atom. The number of primary amides is 1. The summed E-state index contributed by atoms with van der Waals surface area (Å²) in [6.07, 6.45) is -0.764. The summed E-state index contributed by atoms with van der Waals surface area (Å²) in [6.45, 7) is 13.2. The van der Waals surface area contributed by atoms with Gasteiger partial charge in [-0.3, -0.25) is 4.79 Å². The van der Waals surface area contributed by atoms with Crippen molar-refractivity contribution in [2.75, 3.05) is 6.61 Å². The SMILES string of the molecule is C=C[C@]1(C)C[C@@H](OC(=O)NC(=O)O[C@H](C)COC(N)=O)[C@@]2(C)C(C)CC[C@]3(CCC(=O)[C@H]32)[C@@H](C)[C@@H]1O. The van der Waals surface area contributed by atoms with Crippen molar-refractivity contribution in [3.8, 4) is 0 Å². The van der Waals surface area contributed by atoms with E-state index in [1.165, 1.54) is 6.92 Å². The third-order valence-corrected chi connectivity index (χ3v) is 9.52. The number of carbonyl (C=O) groups excluding carboxylic acids is 4. The summed E-state index contributed by atoms with van der Waals surface area (Å²) in [5.41, 5.74) is 3.02. The monoisotopic (exact) mass is 508 g/mol. The Bertz CT molecular complexity index is 924. The van der Waals surface area contributed by atoms with Crippen LogP contribution in [0, 0.1) is 34.0 Å². The molecule has 3 aliphatic rings. The van der Waals surface area contributed by atoms with Crippen LogP contribution in [0.1, 0.15) is 66.7 Å². The van der Waals surface area contributed by atoms with Crippen LogP contribution in [-0.2, 0) is 19.0 Å². The number of nitrogens with one attached hydrogen (secondary N) is 1. The number of aliphatic hydroxyl groups excluding tert-OH is 1. The summed E-state index contributed by atoms with van der Waals surface area (Å²) < 4.78 is 15.5. The molecule has 3 fully saturated rings. The number of carbonyl (C=O) groups is 4. The van der Waals surface area contributed by atoms with E-state index in [-0.39, 0.29) is 36.6 Å². The summed E-state index contributed by atoms with van der Waals surface area (Å²) >= 11 is 0. The molecule has 3 rings (SSSR count). The lowest BCUT2D eigenvalue weighted by Crippen LogP contribution is -2.63. The molecule has 10 heteroatoms. The first-order chi connectivity index (χ1) is 16.7. The van der Waals surface area contributed by atoms with Gasteiger partial charge in [-0.1, -0.05) is 33.8 Å². The van der Waals surface area contributed by atoms with Gasteiger partial charge < -0.3 is 25.1 Å². The van der Waals surface area contributed by atoms with Gasteiger partial charge in [-0.25, -0.2) is 19.7 Å². The minimum absolute atomic E-state index is 0.0601. The Labute approximate surface area is 212 Å². The van der Waals surface area contributed by atoms with Crippen molar-refractivity contribution < 1.29 is 38.5 Å². The average molecular weight is 509 g/mol. The fraction of sp³-hybridized carbons (Fsp3) is 0.769. The van der Waals surface area contributed by atoms with Crippen LogP contribution < -0.4 is 11.1 Å². The highest BCUT2D eigenvalue weighted by atomic mass is 16.6. The van der Waals surface area contributed by atoms with E-state index in [1.54, 1.807) is 6.08 Å². The molecule has 3 aliphatic carbocycles. The van der Waals surface area contributed by atoms with Crippen LogP contribution in [0.4, 0.5) is 14.4 Å². The third kappa shape index (κ3) is 4.71. The molecular formula is C26H40N2O8. The third-order valence-electron chi connectivity index (χ3n) is 9.52. The zero-order valence-electron chi connectivity index (χ0n) is 21.9. The van der Waals surface area contributed by atoms with Crippen LogP contribution in [0.25, 0.3) is 0 Å². The summed E-state index contributed by atoms with van der Waals surface area (Å²) in [6, 6.07) is 0. The average Bonchev–Trinajstić information content (AvgIpc) is 3.16. The minimum atomic E-state index is -1.07. The van der Waals surface area contributed by atoms with Gasteiger partial charge in [0.25, 0.3) is 0 Å². The fourth-order valence-corrected chi connectivity index (χ4v) is 7.19. The highest BCUT2D eigenvalue weighted by Crippen LogP contribution is 2.67. The van der Waals surface area contributed by atoms with Gasteiger partial charge in [-0.2, -0.15) is 0 Å². The molecule has 10 nitrogen and oxygen atoms in total. The van der Waals surface area contributed by atoms with Gasteiger partial charge in [0.1, 0.15) is 24.6 Å². The van der Waals surface area contributed by atoms with Gasteiger partial charge in [0.15, 0.2) is 0 Å². The Hall–Kier alpha value is -2.62. The zero-order valence-corrected chi connectivity index (χ0v) is 21.9. The quantitative estimate of drug-likeness (QED) is 0.375. The summed E-state index contributed by atoms with van der Waals surface area (Å²) in [5, 5.41) is 13.6. The first kappa shape index (κ1) is 28.0. The van der Waals surface area contributed by atoms with Crippen LogP contribution in [-0.4, -0.2) is 54.1 Å². The molecule has 1 unspecified atom stereocenters. The number of imide groups is 1. The molecule has 36 heavy (non-hydrogen) atoms. The molecule has 0 aromatic rings. The maximum absolute atomic E-state index is 13.4. The Kier molecular flexibility index (Phi) is 7.79. The number of ketones is 1. The van der Waals surface area contributed by atoms with Crippen LogP contribution in [0.5, 0.6) is 0 Å². The van der Waals surface area contributed by atoms with Gasteiger partial charge in [0.2, 0.25) is 0 Å². The molecule has 3 saturated carbocycles. The molecular weight excluding hydrogens is 468 g/mol. The van der Waals surface area contributed by atoms with Crippen molar-refractivity contribution in [3.05, 3.63) is 12.7 Å². The highest BCUT2D eigenvalue weighted by molar-refractivity contribution is 5.88. The maximum atomic E-state index is 13.4. The molecule has 202 valence electrons. The second-order valence-electron chi connectivity index (χ2n) is 11.5. The highest BCUT2D eigenvalue weighted by Gasteiger charge is 2.68. The summed E-state index contributed by atoms with van der Waals surface area (Å²) in [7, 11) is 0. The first-order valence-corrected chi connectivity index (χ1v) is 12.7. The van der Waals surface area contributed by atoms with E-state index in [0.29, 0.717) is 12.8 Å². The zero-order chi connectivity index (χ0) is 27.1. The van der Waals surface area contributed by atoms with Crippen LogP contribution in [0.3, 0.4) is 0 Å². The van der Waals surface area contributed by atoms with Gasteiger partial charge in [0.05, 0.1) is 6.10 Å². The van der Waals surface area contributed by atoms with Crippen molar-refractivity contribution in [1.29, 1.82) is 0 Å². The van der Waals surface area contributed by atoms with Crippen molar-refractivity contribution in [3.63, 3.8) is 0 Å². The number of amides is 3. The molecule has 0 aromatic heterocycles. The molecule has 0 aromatic carbocycles. The molecule has 9 atom stereocenters. The summed E-state index contributed by atoms with van der Waals surface area (Å²) in [5.74, 6) is -0.312. The number of hydrogen-bond acceptors (Lipinski definition) is 8. The van der Waals surface area contributed by atoms with Crippen molar-refractivity contribution in [2.24, 2.45) is 39.7 Å². The van der Waals surface area contributed by atoms with E-state index in [4.69, 9.17) is 15.2 Å². The number of ether oxygens (including phenoxy) is 3. The van der Waals surface area contributed by atoms with Crippen molar-refractivity contribution >= 4 is 24.1 Å². The largest absolute Gasteiger partial charge is 0.446 e. The molecule has 2 bridgehead atoms. The van der Waals surface area contributed by atoms with Gasteiger partial charge in [-0.15, -0.1) is 6.58 Å². The second-order valence-corrected chi connectivity index (χ2v) is 11.5. The number of aliphatic hydroxyl groups is 1. The molecule has 3 amide bonds. The predicted octanol–water partition coefficient (Wildman–Crippen LogP) is 3.70. The Balaban J connectivity index is 1.89. The lowest BCUT2D eigenvalue weighted by Gasteiger charge is -2.61. The number of hydrogen-bond donors (Lipinski definition) is 3. The van der Waals surface area contributed by atoms with E-state index < -0.39 is 52.8 Å². The Morgan fingerprint density at radius 1 is 1.25 bits per heavy atom. The van der Waals surface area contributed by atoms with Crippen LogP contribution in [0.15, 0.2) is 12.7 Å². The lowest BCUT2D eigenvalue weighted by molar-refractivity contribution is -0.191. The molecule has 0 heterocycles. The summed E-state index contributed by atoms with van der Waals surface area (Å²) in [4.78, 5) is 49.2. The molecule has 0 radical (unpaired) electrons. The smallest absolute Gasteiger partial charge is 0.417 e. The lowest BCUT2D eigenvalue weighted by atomic mass is 9.44. The molecule has 0 spiro atoms. The van der Waals surface area contributed by atoms with E-state index in [1.807, 2.05) is 20.8 Å². The number of alkyl carbamates (subject to hydrolysis) is 2. The standard InChI is InChI=1S/C26H40N2O8/c1-7-24(5)12-18(36-23(33)28-22(32)35-15(3)13-34-21(27)31)25(6)14(2)8-10-26(16(4)20(24)30)11-9-17(29)19(25)26/h7,14-16,18-20,30H,1,8-13H2,2-6H3,(H2,27,31)(H,28,32,33)/t14?,15-,16+,18-,19+,20+,24-,25-,26+/m1/s1. The minimum Gasteiger partial charge on any atom is -0.446 e. The Morgan fingerprint density at radius 3 is 2.53 bits per heavy atom. The van der Waals surface area contributed by atoms with Crippen molar-refractivity contribution in [2.45, 2.75) is 85.0 Å². The molecule has 4 N–H and O–H groups in total. The van der Waals surface area contributed by atoms with Gasteiger partial charge in [-0.05, 0) is 49.9 Å². The van der Waals surface area contributed by atoms with E-state index >= 15 is 0 Å². The van der Waals surface area contributed by atoms with Crippen LogP contribution >= 0.6 is 0 Å². The first-order valence-electron chi connectivity index (χ1n) is 12.7. The predicted molar refractivity (Wildman–Crippen MR) is 130 cm³/mol. The molecule has 0 saturated heterocycles. The van der Waals surface area contributed by atoms with Gasteiger partial charge in [0, 0.05) is 23.2 Å². The van der Waals surface area contributed by atoms with E-state index in [0.717, 1.165) is 12.8 Å². The molecule has 0 aliphatic heterocycles. The van der Waals surface area contributed by atoms with Crippen molar-refractivity contribution in [1.82, 2.24) is 5.32 Å². The number of Topliss-reactive ketones (excluding diaryl/α,β-unsaturated/α-hetero) is 1. The van der Waals surface area contributed by atoms with E-state index in [2.05, 4.69) is 23.6 Å². The number of nitrogens with two attached hydrogens (primary N) is 1. The normalized spacial score (nSPS) is 40.6. The maximum Gasteiger partial charge on any atom is 0.417 e. The fourth-order valence-electron chi connectivity index (χ4n) is 7.19. The second kappa shape index (κ2) is 10.0. The van der Waals surface area contributed by atoms with E-state index in [9.17, 15) is 24.3 Å². The number of rotatable bonds is 5. The van der Waals surface area contributed by atoms with Gasteiger partial charge >= 0.3 is 18.3 Å². The topological polar surface area (TPSA) is 154 Å². The van der Waals surface area contributed by atoms with Crippen LogP contribution in [0.2, 0.25) is 0 Å².